The third kappa shape index (κ3) is 6.35. The second kappa shape index (κ2) is 9.89. The lowest BCUT2D eigenvalue weighted by molar-refractivity contribution is -0.114. The molecule has 0 fully saturated rings. The average Bonchev–Trinajstić information content (AvgIpc) is 2.73. The van der Waals surface area contributed by atoms with E-state index in [2.05, 4.69) is 25.8 Å². The summed E-state index contributed by atoms with van der Waals surface area (Å²) in [6.45, 7) is 4.04. The number of ether oxygens (including phenoxy) is 1. The fraction of sp³-hybridized carbons (Fsp3) is 0.136. The third-order valence-corrected chi connectivity index (χ3v) is 3.75. The number of hydrogen-bond donors (Lipinski definition) is 1. The molecule has 0 aliphatic heterocycles. The lowest BCUT2D eigenvalue weighted by Gasteiger charge is -2.01. The number of carbonyl (C=O) groups is 1. The summed E-state index contributed by atoms with van der Waals surface area (Å²) in [6.07, 6.45) is 0. The van der Waals surface area contributed by atoms with Crippen LogP contribution in [0.15, 0.2) is 93.3 Å². The van der Waals surface area contributed by atoms with Gasteiger partial charge >= 0.3 is 0 Å². The molecule has 29 heavy (non-hydrogen) atoms. The van der Waals surface area contributed by atoms with Crippen molar-refractivity contribution < 1.29 is 9.53 Å². The van der Waals surface area contributed by atoms with Gasteiger partial charge in [-0.05, 0) is 79.7 Å². The maximum absolute atomic E-state index is 11.0. The Morgan fingerprint density at radius 2 is 1.10 bits per heavy atom. The highest BCUT2D eigenvalue weighted by atomic mass is 16.5. The van der Waals surface area contributed by atoms with Gasteiger partial charge in [0.25, 0.3) is 0 Å². The topological polar surface area (TPSA) is 87.8 Å². The SMILES string of the molecule is CCOc1ccc(N=Nc2ccc(N=Nc3ccc(NC(C)=O)cc3)cc2)cc1. The molecule has 0 atom stereocenters. The Labute approximate surface area is 169 Å². The Bertz CT molecular complexity index is 995. The van der Waals surface area contributed by atoms with Crippen molar-refractivity contribution in [3.8, 4) is 5.75 Å². The standard InChI is InChI=1S/C22H21N5O2/c1-3-29-22-14-12-21(13-15-22)27-26-20-10-8-19(9-11-20)25-24-18-6-4-17(5-7-18)23-16(2)28/h4-15H,3H2,1-2H3,(H,23,28). The van der Waals surface area contributed by atoms with E-state index in [-0.39, 0.29) is 5.91 Å². The van der Waals surface area contributed by atoms with Gasteiger partial charge in [-0.25, -0.2) is 0 Å². The first kappa shape index (κ1) is 19.9. The van der Waals surface area contributed by atoms with Crippen molar-refractivity contribution in [2.75, 3.05) is 11.9 Å². The van der Waals surface area contributed by atoms with Crippen LogP contribution in [0.1, 0.15) is 13.8 Å². The number of carbonyl (C=O) groups excluding carboxylic acids is 1. The van der Waals surface area contributed by atoms with E-state index in [9.17, 15) is 4.79 Å². The van der Waals surface area contributed by atoms with E-state index in [0.29, 0.717) is 18.0 Å². The summed E-state index contributed by atoms with van der Waals surface area (Å²) in [5, 5.41) is 19.5. The first-order chi connectivity index (χ1) is 14.1. The molecule has 0 heterocycles. The van der Waals surface area contributed by atoms with Gasteiger partial charge in [-0.1, -0.05) is 0 Å². The van der Waals surface area contributed by atoms with E-state index in [0.717, 1.165) is 22.8 Å². The predicted molar refractivity (Wildman–Crippen MR) is 113 cm³/mol. The van der Waals surface area contributed by atoms with Crippen LogP contribution in [-0.4, -0.2) is 12.5 Å². The lowest BCUT2D eigenvalue weighted by Crippen LogP contribution is -2.04. The van der Waals surface area contributed by atoms with Gasteiger partial charge < -0.3 is 10.1 Å². The molecular formula is C22H21N5O2. The quantitative estimate of drug-likeness (QED) is 0.448. The lowest BCUT2D eigenvalue weighted by atomic mass is 10.3. The number of amides is 1. The molecule has 3 aromatic carbocycles. The molecule has 0 unspecified atom stereocenters. The van der Waals surface area contributed by atoms with Crippen molar-refractivity contribution in [1.29, 1.82) is 0 Å². The van der Waals surface area contributed by atoms with Gasteiger partial charge in [0.15, 0.2) is 0 Å². The summed E-state index contributed by atoms with van der Waals surface area (Å²) in [7, 11) is 0. The third-order valence-electron chi connectivity index (χ3n) is 3.75. The van der Waals surface area contributed by atoms with Crippen LogP contribution in [-0.2, 0) is 4.79 Å². The van der Waals surface area contributed by atoms with Crippen LogP contribution in [0.3, 0.4) is 0 Å². The molecular weight excluding hydrogens is 366 g/mol. The maximum atomic E-state index is 11.0. The van der Waals surface area contributed by atoms with Crippen LogP contribution in [0.5, 0.6) is 5.75 Å². The van der Waals surface area contributed by atoms with Gasteiger partial charge in [0, 0.05) is 12.6 Å². The molecule has 7 heteroatoms. The summed E-state index contributed by atoms with van der Waals surface area (Å²) < 4.78 is 5.40. The zero-order valence-electron chi connectivity index (χ0n) is 16.2. The molecule has 146 valence electrons. The van der Waals surface area contributed by atoms with E-state index in [1.54, 1.807) is 24.3 Å². The molecule has 0 aromatic heterocycles. The second-order valence-corrected chi connectivity index (χ2v) is 6.07. The Morgan fingerprint density at radius 3 is 1.48 bits per heavy atom. The number of benzene rings is 3. The first-order valence-electron chi connectivity index (χ1n) is 9.16. The van der Waals surface area contributed by atoms with Crippen LogP contribution in [0.2, 0.25) is 0 Å². The Hall–Kier alpha value is -3.87. The highest BCUT2D eigenvalue weighted by Crippen LogP contribution is 2.25. The monoisotopic (exact) mass is 387 g/mol. The fourth-order valence-electron chi connectivity index (χ4n) is 2.41. The van der Waals surface area contributed by atoms with Crippen LogP contribution in [0.25, 0.3) is 0 Å². The number of anilines is 1. The highest BCUT2D eigenvalue weighted by molar-refractivity contribution is 5.88. The van der Waals surface area contributed by atoms with Gasteiger partial charge in [-0.3, -0.25) is 4.79 Å². The molecule has 0 saturated carbocycles. The molecule has 0 bridgehead atoms. The molecule has 0 saturated heterocycles. The molecule has 0 aliphatic carbocycles. The second-order valence-electron chi connectivity index (χ2n) is 6.07. The molecule has 1 amide bonds. The number of hydrogen-bond acceptors (Lipinski definition) is 6. The van der Waals surface area contributed by atoms with E-state index < -0.39 is 0 Å². The van der Waals surface area contributed by atoms with Crippen molar-refractivity contribution in [1.82, 2.24) is 0 Å². The molecule has 0 aliphatic rings. The highest BCUT2D eigenvalue weighted by Gasteiger charge is 1.97. The normalized spacial score (nSPS) is 11.1. The molecule has 1 N–H and O–H groups in total. The summed E-state index contributed by atoms with van der Waals surface area (Å²) >= 11 is 0. The fourth-order valence-corrected chi connectivity index (χ4v) is 2.41. The van der Waals surface area contributed by atoms with Crippen molar-refractivity contribution in [3.63, 3.8) is 0 Å². The van der Waals surface area contributed by atoms with Gasteiger partial charge in [-0.15, -0.1) is 0 Å². The van der Waals surface area contributed by atoms with Gasteiger partial charge in [-0.2, -0.15) is 20.5 Å². The summed E-state index contributed by atoms with van der Waals surface area (Å²) in [5.74, 6) is 0.699. The van der Waals surface area contributed by atoms with Gasteiger partial charge in [0.2, 0.25) is 5.91 Å². The van der Waals surface area contributed by atoms with Crippen molar-refractivity contribution >= 4 is 34.3 Å². The predicted octanol–water partition coefficient (Wildman–Crippen LogP) is 6.87. The van der Waals surface area contributed by atoms with Crippen LogP contribution in [0.4, 0.5) is 28.4 Å². The van der Waals surface area contributed by atoms with Crippen molar-refractivity contribution in [2.45, 2.75) is 13.8 Å². The summed E-state index contributed by atoms with van der Waals surface area (Å²) in [6, 6.07) is 21.9. The van der Waals surface area contributed by atoms with Gasteiger partial charge in [0.1, 0.15) is 5.75 Å². The Kier molecular flexibility index (Phi) is 6.78. The number of nitrogens with one attached hydrogen (secondary N) is 1. The molecule has 0 radical (unpaired) electrons. The Balaban J connectivity index is 1.59. The van der Waals surface area contributed by atoms with Crippen LogP contribution in [0, 0.1) is 0 Å². The molecule has 3 rings (SSSR count). The molecule has 7 nitrogen and oxygen atoms in total. The smallest absolute Gasteiger partial charge is 0.221 e. The number of rotatable bonds is 7. The summed E-state index contributed by atoms with van der Waals surface area (Å²) in [4.78, 5) is 11.0. The Morgan fingerprint density at radius 1 is 0.724 bits per heavy atom. The van der Waals surface area contributed by atoms with Gasteiger partial charge in [0.05, 0.1) is 29.4 Å². The van der Waals surface area contributed by atoms with Crippen molar-refractivity contribution in [3.05, 3.63) is 72.8 Å². The zero-order valence-corrected chi connectivity index (χ0v) is 16.2. The average molecular weight is 387 g/mol. The van der Waals surface area contributed by atoms with Crippen LogP contribution >= 0.6 is 0 Å². The van der Waals surface area contributed by atoms with E-state index in [1.165, 1.54) is 6.92 Å². The number of nitrogens with zero attached hydrogens (tertiary/aromatic N) is 4. The van der Waals surface area contributed by atoms with Crippen LogP contribution < -0.4 is 10.1 Å². The minimum absolute atomic E-state index is 0.112. The van der Waals surface area contributed by atoms with Crippen molar-refractivity contribution in [2.24, 2.45) is 20.5 Å². The van der Waals surface area contributed by atoms with E-state index in [1.807, 2.05) is 55.5 Å². The van der Waals surface area contributed by atoms with E-state index in [4.69, 9.17) is 4.74 Å². The van der Waals surface area contributed by atoms with E-state index >= 15 is 0 Å². The minimum atomic E-state index is -0.112. The maximum Gasteiger partial charge on any atom is 0.221 e. The molecule has 0 spiro atoms. The first-order valence-corrected chi connectivity index (χ1v) is 9.16. The largest absolute Gasteiger partial charge is 0.494 e. The zero-order chi connectivity index (χ0) is 20.5. The number of azo groups is 2. The minimum Gasteiger partial charge on any atom is -0.494 e. The summed E-state index contributed by atoms with van der Waals surface area (Å²) in [5.41, 5.74) is 3.59. The molecule has 3 aromatic rings.